The predicted octanol–water partition coefficient (Wildman–Crippen LogP) is 1.73. The summed E-state index contributed by atoms with van der Waals surface area (Å²) in [6, 6.07) is 7.84. The topological polar surface area (TPSA) is 69.6 Å². The van der Waals surface area contributed by atoms with E-state index in [1.165, 1.54) is 5.56 Å². The molecule has 5 heteroatoms. The van der Waals surface area contributed by atoms with Crippen LogP contribution in [0.15, 0.2) is 24.3 Å². The molecule has 2 aliphatic rings. The molecule has 2 N–H and O–H groups in total. The maximum absolute atomic E-state index is 12.5. The van der Waals surface area contributed by atoms with Gasteiger partial charge in [-0.05, 0) is 37.3 Å². The van der Waals surface area contributed by atoms with Crippen LogP contribution in [0.25, 0.3) is 0 Å². The Kier molecular flexibility index (Phi) is 3.92. The molecule has 2 amide bonds. The second kappa shape index (κ2) is 5.64. The number of carbonyl (C=O) groups excluding carboxylic acids is 2. The summed E-state index contributed by atoms with van der Waals surface area (Å²) in [7, 11) is 0. The average Bonchev–Trinajstić information content (AvgIpc) is 3.29. The number of fused-ring (bicyclic) bond motifs is 2. The van der Waals surface area contributed by atoms with Crippen LogP contribution in [-0.2, 0) is 15.0 Å². The van der Waals surface area contributed by atoms with E-state index in [9.17, 15) is 14.7 Å². The summed E-state index contributed by atoms with van der Waals surface area (Å²) in [6.45, 7) is 4.42. The lowest BCUT2D eigenvalue weighted by molar-refractivity contribution is -0.138. The van der Waals surface area contributed by atoms with Crippen LogP contribution in [0.4, 0.5) is 5.69 Å². The van der Waals surface area contributed by atoms with E-state index in [4.69, 9.17) is 0 Å². The number of carbonyl (C=O) groups is 2. The Morgan fingerprint density at radius 2 is 1.91 bits per heavy atom. The van der Waals surface area contributed by atoms with Crippen LogP contribution < -0.4 is 10.2 Å². The standard InChI is InChI=1S/C18H24N2O3/c1-3-18(23,4-2)11-19-15(21)16(22)20-12-17(9-10-17)13-7-5-6-8-14(13)20/h5-8,23H,3-4,9-12H2,1-2H3,(H,19,21). The van der Waals surface area contributed by atoms with E-state index in [1.54, 1.807) is 4.90 Å². The van der Waals surface area contributed by atoms with Gasteiger partial charge in [-0.3, -0.25) is 9.59 Å². The Hall–Kier alpha value is -1.88. The van der Waals surface area contributed by atoms with Gasteiger partial charge >= 0.3 is 11.8 Å². The molecule has 1 aliphatic carbocycles. The fraction of sp³-hybridized carbons (Fsp3) is 0.556. The number of benzene rings is 1. The molecule has 0 radical (unpaired) electrons. The lowest BCUT2D eigenvalue weighted by atomic mass is 9.98. The Labute approximate surface area is 136 Å². The number of amides is 2. The summed E-state index contributed by atoms with van der Waals surface area (Å²) in [4.78, 5) is 26.4. The highest BCUT2D eigenvalue weighted by atomic mass is 16.3. The van der Waals surface area contributed by atoms with E-state index in [0.717, 1.165) is 18.5 Å². The van der Waals surface area contributed by atoms with Crippen LogP contribution in [0, 0.1) is 0 Å². The van der Waals surface area contributed by atoms with E-state index in [0.29, 0.717) is 19.4 Å². The zero-order valence-electron chi connectivity index (χ0n) is 13.8. The van der Waals surface area contributed by atoms with Crippen LogP contribution in [0.1, 0.15) is 45.1 Å². The maximum atomic E-state index is 12.5. The minimum absolute atomic E-state index is 0.0696. The first-order valence-electron chi connectivity index (χ1n) is 8.36. The molecule has 1 spiro atoms. The predicted molar refractivity (Wildman–Crippen MR) is 88.2 cm³/mol. The quantitative estimate of drug-likeness (QED) is 0.831. The van der Waals surface area contributed by atoms with Crippen LogP contribution in [0.3, 0.4) is 0 Å². The smallest absolute Gasteiger partial charge is 0.316 e. The fourth-order valence-corrected chi connectivity index (χ4v) is 3.33. The summed E-state index contributed by atoms with van der Waals surface area (Å²) in [5.74, 6) is -1.17. The molecule has 23 heavy (non-hydrogen) atoms. The van der Waals surface area contributed by atoms with Crippen LogP contribution in [0.5, 0.6) is 0 Å². The molecule has 0 unspecified atom stereocenters. The van der Waals surface area contributed by atoms with E-state index in [1.807, 2.05) is 32.0 Å². The number of nitrogens with one attached hydrogen (secondary N) is 1. The van der Waals surface area contributed by atoms with Crippen molar-refractivity contribution in [3.05, 3.63) is 29.8 Å². The van der Waals surface area contributed by atoms with Gasteiger partial charge in [0.1, 0.15) is 0 Å². The van der Waals surface area contributed by atoms with Crippen molar-refractivity contribution in [1.82, 2.24) is 5.32 Å². The van der Waals surface area contributed by atoms with Gasteiger partial charge in [-0.2, -0.15) is 0 Å². The van der Waals surface area contributed by atoms with Gasteiger partial charge in [-0.1, -0.05) is 32.0 Å². The molecule has 5 nitrogen and oxygen atoms in total. The molecule has 1 fully saturated rings. The van der Waals surface area contributed by atoms with Gasteiger partial charge in [0.2, 0.25) is 0 Å². The molecule has 3 rings (SSSR count). The maximum Gasteiger partial charge on any atom is 0.316 e. The van der Waals surface area contributed by atoms with Crippen molar-refractivity contribution < 1.29 is 14.7 Å². The highest BCUT2D eigenvalue weighted by molar-refractivity contribution is 6.40. The van der Waals surface area contributed by atoms with Crippen molar-refractivity contribution in [1.29, 1.82) is 0 Å². The van der Waals surface area contributed by atoms with Gasteiger partial charge in [-0.15, -0.1) is 0 Å². The van der Waals surface area contributed by atoms with Gasteiger partial charge < -0.3 is 15.3 Å². The summed E-state index contributed by atoms with van der Waals surface area (Å²) >= 11 is 0. The number of para-hydroxylation sites is 1. The summed E-state index contributed by atoms with van der Waals surface area (Å²) in [5, 5.41) is 12.8. The minimum atomic E-state index is -0.948. The minimum Gasteiger partial charge on any atom is -0.388 e. The second-order valence-corrected chi connectivity index (χ2v) is 6.80. The zero-order chi connectivity index (χ0) is 16.7. The molecule has 0 aromatic heterocycles. The third-order valence-electron chi connectivity index (χ3n) is 5.41. The molecule has 1 aromatic carbocycles. The molecular formula is C18H24N2O3. The van der Waals surface area contributed by atoms with Crippen LogP contribution in [0.2, 0.25) is 0 Å². The summed E-state index contributed by atoms with van der Waals surface area (Å²) in [6.07, 6.45) is 3.21. The van der Waals surface area contributed by atoms with Gasteiger partial charge in [0.25, 0.3) is 0 Å². The monoisotopic (exact) mass is 316 g/mol. The molecule has 0 saturated heterocycles. The first kappa shape index (κ1) is 16.0. The zero-order valence-corrected chi connectivity index (χ0v) is 13.8. The largest absolute Gasteiger partial charge is 0.388 e. The van der Waals surface area contributed by atoms with Crippen molar-refractivity contribution >= 4 is 17.5 Å². The van der Waals surface area contributed by atoms with Gasteiger partial charge in [0, 0.05) is 24.2 Å². The average molecular weight is 316 g/mol. The normalized spacial score (nSPS) is 18.0. The van der Waals surface area contributed by atoms with Crippen molar-refractivity contribution in [3.63, 3.8) is 0 Å². The molecule has 1 saturated carbocycles. The molecule has 1 aliphatic heterocycles. The molecular weight excluding hydrogens is 292 g/mol. The SMILES string of the molecule is CCC(O)(CC)CNC(=O)C(=O)N1CC2(CC2)c2ccccc21. The number of aliphatic hydroxyl groups is 1. The number of nitrogens with zero attached hydrogens (tertiary/aromatic N) is 1. The third-order valence-corrected chi connectivity index (χ3v) is 5.41. The summed E-state index contributed by atoms with van der Waals surface area (Å²) in [5.41, 5.74) is 1.16. The van der Waals surface area contributed by atoms with Gasteiger partial charge in [0.05, 0.1) is 5.60 Å². The highest BCUT2D eigenvalue weighted by Gasteiger charge is 2.53. The Bertz CT molecular complexity index is 633. The first-order chi connectivity index (χ1) is 10.9. The molecule has 0 atom stereocenters. The van der Waals surface area contributed by atoms with Crippen molar-refractivity contribution in [2.24, 2.45) is 0 Å². The highest BCUT2D eigenvalue weighted by Crippen LogP contribution is 2.56. The first-order valence-corrected chi connectivity index (χ1v) is 8.36. The Morgan fingerprint density at radius 3 is 2.52 bits per heavy atom. The second-order valence-electron chi connectivity index (χ2n) is 6.80. The van der Waals surface area contributed by atoms with Crippen molar-refractivity contribution in [3.8, 4) is 0 Å². The van der Waals surface area contributed by atoms with Gasteiger partial charge in [0.15, 0.2) is 0 Å². The molecule has 1 heterocycles. The summed E-state index contributed by atoms with van der Waals surface area (Å²) < 4.78 is 0. The number of hydrogen-bond acceptors (Lipinski definition) is 3. The van der Waals surface area contributed by atoms with Crippen molar-refractivity contribution in [2.45, 2.75) is 50.5 Å². The van der Waals surface area contributed by atoms with Crippen LogP contribution >= 0.6 is 0 Å². The Morgan fingerprint density at radius 1 is 1.26 bits per heavy atom. The van der Waals surface area contributed by atoms with Crippen LogP contribution in [-0.4, -0.2) is 35.6 Å². The van der Waals surface area contributed by atoms with E-state index < -0.39 is 17.4 Å². The van der Waals surface area contributed by atoms with E-state index >= 15 is 0 Å². The molecule has 0 bridgehead atoms. The lowest BCUT2D eigenvalue weighted by Gasteiger charge is -2.26. The van der Waals surface area contributed by atoms with Crippen molar-refractivity contribution in [2.75, 3.05) is 18.0 Å². The lowest BCUT2D eigenvalue weighted by Crippen LogP contribution is -2.48. The molecule has 1 aromatic rings. The number of anilines is 1. The number of hydrogen-bond donors (Lipinski definition) is 2. The molecule has 124 valence electrons. The third kappa shape index (κ3) is 2.74. The van der Waals surface area contributed by atoms with Gasteiger partial charge in [-0.25, -0.2) is 0 Å². The Balaban J connectivity index is 1.71. The van der Waals surface area contributed by atoms with E-state index in [2.05, 4.69) is 11.4 Å². The number of rotatable bonds is 4. The van der Waals surface area contributed by atoms with E-state index in [-0.39, 0.29) is 12.0 Å². The fourth-order valence-electron chi connectivity index (χ4n) is 3.33.